The van der Waals surface area contributed by atoms with Crippen molar-refractivity contribution < 1.29 is 9.84 Å². The molecule has 3 aromatic carbocycles. The Morgan fingerprint density at radius 2 is 1.65 bits per heavy atom. The molecule has 1 aliphatic heterocycles. The molecule has 1 aliphatic rings. The molecule has 0 unspecified atom stereocenters. The van der Waals surface area contributed by atoms with Crippen LogP contribution in [0.25, 0.3) is 22.2 Å². The van der Waals surface area contributed by atoms with Gasteiger partial charge in [-0.25, -0.2) is 9.97 Å². The normalized spacial score (nSPS) is 12.6. The first-order valence-corrected chi connectivity index (χ1v) is 12.4. The molecule has 1 N–H and O–H groups in total. The Morgan fingerprint density at radius 3 is 2.38 bits per heavy atom. The molecule has 0 saturated carbocycles. The van der Waals surface area contributed by atoms with Gasteiger partial charge >= 0.3 is 0 Å². The Hall–Kier alpha value is -4.58. The fourth-order valence-electron chi connectivity index (χ4n) is 5.21. The molecule has 184 valence electrons. The van der Waals surface area contributed by atoms with E-state index in [1.165, 1.54) is 0 Å². The van der Waals surface area contributed by atoms with Crippen LogP contribution in [0.5, 0.6) is 11.5 Å². The Labute approximate surface area is 216 Å². The number of para-hydroxylation sites is 2. The summed E-state index contributed by atoms with van der Waals surface area (Å²) in [6.07, 6.45) is 1.80. The van der Waals surface area contributed by atoms with E-state index in [1.807, 2.05) is 48.5 Å². The van der Waals surface area contributed by atoms with Crippen molar-refractivity contribution >= 4 is 39.5 Å². The van der Waals surface area contributed by atoms with Gasteiger partial charge in [0.1, 0.15) is 28.5 Å². The Kier molecular flexibility index (Phi) is 5.45. The Morgan fingerprint density at radius 1 is 0.865 bits per heavy atom. The highest BCUT2D eigenvalue weighted by Gasteiger charge is 2.31. The van der Waals surface area contributed by atoms with Crippen LogP contribution in [0.1, 0.15) is 25.3 Å². The standard InChI is InChI=1S/C31H28N4O2/c1-19(2)21-13-15-27(36)30-22(21)12-14-23(33-30)20-17-26-31(28(18-20)37-4)34(3)24-9-5-6-10-25(24)35(26)29-11-7-8-16-32-29/h5-19,36H,1-4H3. The second kappa shape index (κ2) is 8.82. The molecule has 0 aliphatic carbocycles. The van der Waals surface area contributed by atoms with Crippen LogP contribution in [-0.4, -0.2) is 29.2 Å². The highest BCUT2D eigenvalue weighted by atomic mass is 16.5. The van der Waals surface area contributed by atoms with E-state index < -0.39 is 0 Å². The van der Waals surface area contributed by atoms with Crippen LogP contribution in [-0.2, 0) is 0 Å². The van der Waals surface area contributed by atoms with E-state index >= 15 is 0 Å². The van der Waals surface area contributed by atoms with Crippen molar-refractivity contribution in [3.05, 3.63) is 90.6 Å². The number of phenols is 1. The first-order valence-electron chi connectivity index (χ1n) is 12.4. The summed E-state index contributed by atoms with van der Waals surface area (Å²) >= 11 is 0. The molecular weight excluding hydrogens is 460 g/mol. The number of aromatic hydroxyl groups is 1. The molecule has 0 radical (unpaired) electrons. The van der Waals surface area contributed by atoms with Crippen molar-refractivity contribution in [3.8, 4) is 22.8 Å². The zero-order valence-corrected chi connectivity index (χ0v) is 21.3. The third-order valence-electron chi connectivity index (χ3n) is 7.00. The quantitative estimate of drug-likeness (QED) is 0.280. The molecule has 37 heavy (non-hydrogen) atoms. The van der Waals surface area contributed by atoms with Crippen molar-refractivity contribution in [2.75, 3.05) is 24.0 Å². The van der Waals surface area contributed by atoms with Crippen LogP contribution in [0.15, 0.2) is 85.1 Å². The molecule has 0 spiro atoms. The summed E-state index contributed by atoms with van der Waals surface area (Å²) < 4.78 is 5.94. The largest absolute Gasteiger partial charge is 0.506 e. The summed E-state index contributed by atoms with van der Waals surface area (Å²) in [5.41, 5.74) is 7.38. The maximum absolute atomic E-state index is 10.7. The van der Waals surface area contributed by atoms with Crippen LogP contribution >= 0.6 is 0 Å². The smallest absolute Gasteiger partial charge is 0.145 e. The number of pyridine rings is 2. The lowest BCUT2D eigenvalue weighted by molar-refractivity contribution is 0.416. The van der Waals surface area contributed by atoms with Crippen LogP contribution < -0.4 is 14.5 Å². The summed E-state index contributed by atoms with van der Waals surface area (Å²) in [7, 11) is 3.74. The van der Waals surface area contributed by atoms with E-state index in [4.69, 9.17) is 9.72 Å². The lowest BCUT2D eigenvalue weighted by Gasteiger charge is -2.38. The highest BCUT2D eigenvalue weighted by Crippen LogP contribution is 2.54. The number of phenolic OH excluding ortho intramolecular Hbond substituents is 1. The van der Waals surface area contributed by atoms with Gasteiger partial charge in [-0.2, -0.15) is 0 Å². The Balaban J connectivity index is 1.60. The van der Waals surface area contributed by atoms with Gasteiger partial charge in [-0.15, -0.1) is 0 Å². The number of rotatable bonds is 4. The van der Waals surface area contributed by atoms with Crippen molar-refractivity contribution in [2.45, 2.75) is 19.8 Å². The Bertz CT molecular complexity index is 1630. The number of hydrogen-bond donors (Lipinski definition) is 1. The molecule has 0 amide bonds. The number of aromatic nitrogens is 2. The number of methoxy groups -OCH3 is 1. The fraction of sp³-hybridized carbons (Fsp3) is 0.161. The maximum Gasteiger partial charge on any atom is 0.145 e. The summed E-state index contributed by atoms with van der Waals surface area (Å²) in [5, 5.41) is 11.6. The van der Waals surface area contributed by atoms with Gasteiger partial charge in [0, 0.05) is 24.2 Å². The minimum atomic E-state index is 0.176. The molecule has 0 fully saturated rings. The molecule has 3 heterocycles. The molecule has 6 nitrogen and oxygen atoms in total. The van der Waals surface area contributed by atoms with E-state index in [0.717, 1.165) is 56.5 Å². The van der Waals surface area contributed by atoms with Gasteiger partial charge in [0.25, 0.3) is 0 Å². The minimum Gasteiger partial charge on any atom is -0.506 e. The summed E-state index contributed by atoms with van der Waals surface area (Å²) in [6, 6.07) is 26.1. The van der Waals surface area contributed by atoms with Crippen LogP contribution in [0.3, 0.4) is 0 Å². The second-order valence-electron chi connectivity index (χ2n) is 9.54. The first kappa shape index (κ1) is 22.9. The summed E-state index contributed by atoms with van der Waals surface area (Å²) in [4.78, 5) is 13.9. The summed E-state index contributed by atoms with van der Waals surface area (Å²) in [6.45, 7) is 4.29. The number of benzene rings is 3. The zero-order chi connectivity index (χ0) is 25.7. The molecule has 2 aromatic heterocycles. The SMILES string of the molecule is COc1cc(-c2ccc3c(C(C)C)ccc(O)c3n2)cc2c1N(C)c1ccccc1N2c1ccccn1. The van der Waals surface area contributed by atoms with E-state index in [9.17, 15) is 5.11 Å². The van der Waals surface area contributed by atoms with Crippen LogP contribution in [0.2, 0.25) is 0 Å². The van der Waals surface area contributed by atoms with Gasteiger partial charge in [0.05, 0.1) is 29.9 Å². The topological polar surface area (TPSA) is 61.7 Å². The third-order valence-corrected chi connectivity index (χ3v) is 7.00. The monoisotopic (exact) mass is 488 g/mol. The zero-order valence-electron chi connectivity index (χ0n) is 21.3. The first-order chi connectivity index (χ1) is 18.0. The van der Waals surface area contributed by atoms with Crippen molar-refractivity contribution in [1.82, 2.24) is 9.97 Å². The molecule has 0 bridgehead atoms. The van der Waals surface area contributed by atoms with Crippen molar-refractivity contribution in [2.24, 2.45) is 0 Å². The predicted molar refractivity (Wildman–Crippen MR) is 150 cm³/mol. The summed E-state index contributed by atoms with van der Waals surface area (Å²) in [5.74, 6) is 2.04. The van der Waals surface area contributed by atoms with Crippen LogP contribution in [0.4, 0.5) is 28.6 Å². The molecule has 6 rings (SSSR count). The van der Waals surface area contributed by atoms with Gasteiger partial charge < -0.3 is 14.7 Å². The van der Waals surface area contributed by atoms with Gasteiger partial charge in [0.2, 0.25) is 0 Å². The number of hydrogen-bond acceptors (Lipinski definition) is 6. The number of anilines is 5. The van der Waals surface area contributed by atoms with Crippen molar-refractivity contribution in [1.29, 1.82) is 0 Å². The van der Waals surface area contributed by atoms with E-state index in [0.29, 0.717) is 11.4 Å². The fourth-order valence-corrected chi connectivity index (χ4v) is 5.21. The van der Waals surface area contributed by atoms with Gasteiger partial charge in [-0.05, 0) is 60.0 Å². The average molecular weight is 489 g/mol. The van der Waals surface area contributed by atoms with Gasteiger partial charge in [-0.3, -0.25) is 4.90 Å². The van der Waals surface area contributed by atoms with Crippen LogP contribution in [0, 0.1) is 0 Å². The molecule has 6 heteroatoms. The lowest BCUT2D eigenvalue weighted by Crippen LogP contribution is -2.25. The maximum atomic E-state index is 10.7. The van der Waals surface area contributed by atoms with Gasteiger partial charge in [0.15, 0.2) is 0 Å². The van der Waals surface area contributed by atoms with E-state index in [-0.39, 0.29) is 5.75 Å². The number of nitrogens with zero attached hydrogens (tertiary/aromatic N) is 4. The molecule has 0 saturated heterocycles. The number of fused-ring (bicyclic) bond motifs is 3. The van der Waals surface area contributed by atoms with E-state index in [1.54, 1.807) is 19.4 Å². The third kappa shape index (κ3) is 3.64. The predicted octanol–water partition coefficient (Wildman–Crippen LogP) is 7.69. The molecular formula is C31H28N4O2. The van der Waals surface area contributed by atoms with Crippen molar-refractivity contribution in [3.63, 3.8) is 0 Å². The average Bonchev–Trinajstić information content (AvgIpc) is 2.93. The number of ether oxygens (including phenoxy) is 1. The second-order valence-corrected chi connectivity index (χ2v) is 9.54. The minimum absolute atomic E-state index is 0.176. The molecule has 5 aromatic rings. The lowest BCUT2D eigenvalue weighted by atomic mass is 9.96. The molecule has 0 atom stereocenters. The highest BCUT2D eigenvalue weighted by molar-refractivity contribution is 6.01. The van der Waals surface area contributed by atoms with E-state index in [2.05, 4.69) is 59.9 Å². The van der Waals surface area contributed by atoms with Gasteiger partial charge in [-0.1, -0.05) is 44.2 Å².